The number of carbonyl (C=O) groups is 1. The minimum Gasteiger partial charge on any atom is -0.489 e. The molecule has 1 atom stereocenters. The number of nitrogens with zero attached hydrogens (tertiary/aromatic N) is 2. The largest absolute Gasteiger partial charge is 0.489 e. The zero-order chi connectivity index (χ0) is 21.8. The Labute approximate surface area is 175 Å². The quantitative estimate of drug-likeness (QED) is 0.538. The van der Waals surface area contributed by atoms with Crippen LogP contribution in [-0.2, 0) is 17.9 Å². The standard InChI is InChI=1S/C24H25FN2O3/c1-5-17(12-21(28)29)18-8-10-20(11-9-18)30-14-19-7-6-16(4)23-22(19)24(25)26-27(23)13-15(2)3/h1,6-11,15,17H,12-14H2,2-4H3,(H,28,29)/t17-/m0/s1. The van der Waals surface area contributed by atoms with Crippen molar-refractivity contribution in [2.24, 2.45) is 5.92 Å². The Bertz CT molecular complexity index is 1090. The molecule has 2 aromatic carbocycles. The third kappa shape index (κ3) is 4.62. The molecule has 0 fully saturated rings. The fraction of sp³-hybridized carbons (Fsp3) is 0.333. The Morgan fingerprint density at radius 3 is 2.57 bits per heavy atom. The first kappa shape index (κ1) is 21.4. The molecule has 0 saturated heterocycles. The van der Waals surface area contributed by atoms with Crippen molar-refractivity contribution in [3.05, 3.63) is 59.0 Å². The molecule has 30 heavy (non-hydrogen) atoms. The van der Waals surface area contributed by atoms with Crippen LogP contribution in [0.2, 0.25) is 0 Å². The minimum absolute atomic E-state index is 0.127. The van der Waals surface area contributed by atoms with Crippen LogP contribution in [0.3, 0.4) is 0 Å². The van der Waals surface area contributed by atoms with Gasteiger partial charge in [0.15, 0.2) is 0 Å². The van der Waals surface area contributed by atoms with Gasteiger partial charge in [-0.3, -0.25) is 9.48 Å². The first-order chi connectivity index (χ1) is 14.3. The van der Waals surface area contributed by atoms with Crippen molar-refractivity contribution in [3.63, 3.8) is 0 Å². The van der Waals surface area contributed by atoms with Crippen LogP contribution < -0.4 is 4.74 Å². The Hall–Kier alpha value is -3.33. The van der Waals surface area contributed by atoms with Gasteiger partial charge in [0.25, 0.3) is 0 Å². The Morgan fingerprint density at radius 2 is 1.97 bits per heavy atom. The Balaban J connectivity index is 1.81. The number of carboxylic acid groups (broad SMARTS) is 1. The number of rotatable bonds is 8. The molecule has 0 aliphatic rings. The second-order valence-electron chi connectivity index (χ2n) is 7.81. The van der Waals surface area contributed by atoms with E-state index in [0.717, 1.165) is 22.2 Å². The zero-order valence-corrected chi connectivity index (χ0v) is 17.4. The molecule has 0 spiro atoms. The summed E-state index contributed by atoms with van der Waals surface area (Å²) >= 11 is 0. The highest BCUT2D eigenvalue weighted by Crippen LogP contribution is 2.28. The summed E-state index contributed by atoms with van der Waals surface area (Å²) in [6.07, 6.45) is 5.32. The summed E-state index contributed by atoms with van der Waals surface area (Å²) in [7, 11) is 0. The van der Waals surface area contributed by atoms with Crippen molar-refractivity contribution >= 4 is 16.9 Å². The molecule has 156 valence electrons. The smallest absolute Gasteiger partial charge is 0.304 e. The van der Waals surface area contributed by atoms with Crippen LogP contribution in [-0.4, -0.2) is 20.9 Å². The first-order valence-corrected chi connectivity index (χ1v) is 9.85. The van der Waals surface area contributed by atoms with Crippen LogP contribution in [0.4, 0.5) is 4.39 Å². The molecule has 0 aliphatic carbocycles. The molecule has 3 aromatic rings. The van der Waals surface area contributed by atoms with Gasteiger partial charge in [0.1, 0.15) is 12.4 Å². The number of benzene rings is 2. The van der Waals surface area contributed by atoms with E-state index in [-0.39, 0.29) is 13.0 Å². The monoisotopic (exact) mass is 408 g/mol. The molecule has 0 radical (unpaired) electrons. The van der Waals surface area contributed by atoms with E-state index in [2.05, 4.69) is 24.9 Å². The summed E-state index contributed by atoms with van der Waals surface area (Å²) in [5.41, 5.74) is 3.22. The van der Waals surface area contributed by atoms with Gasteiger partial charge in [-0.05, 0) is 36.1 Å². The number of aliphatic carboxylic acids is 1. The average molecular weight is 408 g/mol. The van der Waals surface area contributed by atoms with E-state index in [0.29, 0.717) is 23.6 Å². The van der Waals surface area contributed by atoms with E-state index in [1.807, 2.05) is 19.1 Å². The second-order valence-corrected chi connectivity index (χ2v) is 7.81. The normalized spacial score (nSPS) is 12.1. The molecule has 0 unspecified atom stereocenters. The molecule has 0 saturated carbocycles. The maximum absolute atomic E-state index is 14.7. The van der Waals surface area contributed by atoms with E-state index < -0.39 is 17.8 Å². The number of ether oxygens (including phenoxy) is 1. The summed E-state index contributed by atoms with van der Waals surface area (Å²) < 4.78 is 22.2. The molecule has 5 nitrogen and oxygen atoms in total. The molecule has 0 bridgehead atoms. The van der Waals surface area contributed by atoms with Crippen LogP contribution in [0.15, 0.2) is 36.4 Å². The molecular formula is C24H25FN2O3. The average Bonchev–Trinajstić information content (AvgIpc) is 3.02. The summed E-state index contributed by atoms with van der Waals surface area (Å²) in [4.78, 5) is 10.9. The fourth-order valence-corrected chi connectivity index (χ4v) is 3.51. The lowest BCUT2D eigenvalue weighted by molar-refractivity contribution is -0.137. The number of aromatic nitrogens is 2. The third-order valence-electron chi connectivity index (χ3n) is 4.93. The van der Waals surface area contributed by atoms with Crippen LogP contribution >= 0.6 is 0 Å². The molecule has 0 amide bonds. The molecule has 1 aromatic heterocycles. The molecular weight excluding hydrogens is 383 g/mol. The minimum atomic E-state index is -0.943. The first-order valence-electron chi connectivity index (χ1n) is 9.85. The van der Waals surface area contributed by atoms with E-state index >= 15 is 0 Å². The van der Waals surface area contributed by atoms with Crippen molar-refractivity contribution in [1.29, 1.82) is 0 Å². The molecule has 0 aliphatic heterocycles. The van der Waals surface area contributed by atoms with Gasteiger partial charge >= 0.3 is 5.97 Å². The number of aryl methyl sites for hydroxylation is 1. The maximum Gasteiger partial charge on any atom is 0.304 e. The zero-order valence-electron chi connectivity index (χ0n) is 17.4. The van der Waals surface area contributed by atoms with E-state index in [9.17, 15) is 9.18 Å². The van der Waals surface area contributed by atoms with E-state index in [1.54, 1.807) is 28.9 Å². The highest BCUT2D eigenvalue weighted by atomic mass is 19.1. The third-order valence-corrected chi connectivity index (χ3v) is 4.93. The lowest BCUT2D eigenvalue weighted by Crippen LogP contribution is -2.07. The van der Waals surface area contributed by atoms with Crippen LogP contribution in [0.5, 0.6) is 5.75 Å². The molecule has 3 rings (SSSR count). The Kier molecular flexibility index (Phi) is 6.41. The Morgan fingerprint density at radius 1 is 1.27 bits per heavy atom. The van der Waals surface area contributed by atoms with Crippen molar-refractivity contribution in [3.8, 4) is 18.1 Å². The van der Waals surface area contributed by atoms with Gasteiger partial charge in [-0.25, -0.2) is 0 Å². The number of carboxylic acids is 1. The van der Waals surface area contributed by atoms with Gasteiger partial charge in [-0.2, -0.15) is 4.39 Å². The summed E-state index contributed by atoms with van der Waals surface area (Å²) in [5, 5.41) is 13.5. The number of halogens is 1. The number of terminal acetylenes is 1. The summed E-state index contributed by atoms with van der Waals surface area (Å²) in [6, 6.07) is 10.8. The number of hydrogen-bond acceptors (Lipinski definition) is 3. The summed E-state index contributed by atoms with van der Waals surface area (Å²) in [5.74, 6) is 1.51. The van der Waals surface area contributed by atoms with Crippen molar-refractivity contribution < 1.29 is 19.0 Å². The molecule has 1 heterocycles. The highest BCUT2D eigenvalue weighted by Gasteiger charge is 2.18. The van der Waals surface area contributed by atoms with Crippen LogP contribution in [0.25, 0.3) is 10.9 Å². The van der Waals surface area contributed by atoms with E-state index in [4.69, 9.17) is 16.3 Å². The van der Waals surface area contributed by atoms with Gasteiger partial charge in [0.05, 0.1) is 23.2 Å². The topological polar surface area (TPSA) is 64.3 Å². The lowest BCUT2D eigenvalue weighted by atomic mass is 9.97. The number of hydrogen-bond donors (Lipinski definition) is 1. The van der Waals surface area contributed by atoms with Crippen molar-refractivity contribution in [1.82, 2.24) is 9.78 Å². The van der Waals surface area contributed by atoms with Crippen molar-refractivity contribution in [2.75, 3.05) is 0 Å². The second kappa shape index (κ2) is 9.00. The van der Waals surface area contributed by atoms with Gasteiger partial charge in [-0.15, -0.1) is 11.5 Å². The van der Waals surface area contributed by atoms with E-state index in [1.165, 1.54) is 0 Å². The van der Waals surface area contributed by atoms with Crippen LogP contribution in [0, 0.1) is 31.1 Å². The predicted octanol–water partition coefficient (Wildman–Crippen LogP) is 4.91. The van der Waals surface area contributed by atoms with Crippen molar-refractivity contribution in [2.45, 2.75) is 46.3 Å². The predicted molar refractivity (Wildman–Crippen MR) is 114 cm³/mol. The van der Waals surface area contributed by atoms with Gasteiger partial charge in [-0.1, -0.05) is 44.0 Å². The molecule has 1 N–H and O–H groups in total. The van der Waals surface area contributed by atoms with Gasteiger partial charge in [0, 0.05) is 12.1 Å². The van der Waals surface area contributed by atoms with Crippen LogP contribution in [0.1, 0.15) is 42.9 Å². The summed E-state index contributed by atoms with van der Waals surface area (Å²) in [6.45, 7) is 6.91. The maximum atomic E-state index is 14.7. The fourth-order valence-electron chi connectivity index (χ4n) is 3.51. The SMILES string of the molecule is C#C[C@@H](CC(=O)O)c1ccc(OCc2ccc(C)c3c2c(F)nn3CC(C)C)cc1. The van der Waals surface area contributed by atoms with Gasteiger partial charge in [0.2, 0.25) is 5.95 Å². The number of fused-ring (bicyclic) bond motifs is 1. The van der Waals surface area contributed by atoms with Gasteiger partial charge < -0.3 is 9.84 Å². The molecule has 6 heteroatoms. The highest BCUT2D eigenvalue weighted by molar-refractivity contribution is 5.85. The lowest BCUT2D eigenvalue weighted by Gasteiger charge is -2.12.